The monoisotopic (exact) mass is 476 g/mol. The molecular weight excluding hydrogens is 448 g/mol. The molecule has 0 atom stereocenters. The Morgan fingerprint density at radius 2 is 1.63 bits per heavy atom. The van der Waals surface area contributed by atoms with E-state index in [1.54, 1.807) is 66.7 Å². The van der Waals surface area contributed by atoms with Crippen molar-refractivity contribution in [1.29, 1.82) is 0 Å². The number of esters is 1. The highest BCUT2D eigenvalue weighted by Crippen LogP contribution is 2.28. The van der Waals surface area contributed by atoms with Crippen LogP contribution in [0, 0.1) is 0 Å². The smallest absolute Gasteiger partial charge is 0.343 e. The number of benzene rings is 3. The fraction of sp³-hybridized carbons (Fsp3) is 0.222. The van der Waals surface area contributed by atoms with Crippen LogP contribution in [0.5, 0.6) is 23.0 Å². The van der Waals surface area contributed by atoms with Crippen molar-refractivity contribution in [2.45, 2.75) is 19.8 Å². The summed E-state index contributed by atoms with van der Waals surface area (Å²) in [5.74, 6) is 1.04. The number of hydrogen-bond donors (Lipinski definition) is 1. The van der Waals surface area contributed by atoms with E-state index in [2.05, 4.69) is 17.5 Å². The van der Waals surface area contributed by atoms with Crippen LogP contribution < -0.4 is 24.4 Å². The summed E-state index contributed by atoms with van der Waals surface area (Å²) >= 11 is 0. The topological polar surface area (TPSA) is 95.5 Å². The van der Waals surface area contributed by atoms with E-state index in [1.807, 2.05) is 6.07 Å². The molecule has 0 saturated carbocycles. The molecule has 0 aliphatic carbocycles. The number of methoxy groups -OCH3 is 1. The van der Waals surface area contributed by atoms with Gasteiger partial charge in [-0.2, -0.15) is 5.10 Å². The predicted octanol–water partition coefficient (Wildman–Crippen LogP) is 4.62. The molecule has 35 heavy (non-hydrogen) atoms. The zero-order valence-corrected chi connectivity index (χ0v) is 19.7. The number of ether oxygens (including phenoxy) is 4. The van der Waals surface area contributed by atoms with Gasteiger partial charge in [0.05, 0.1) is 25.5 Å². The van der Waals surface area contributed by atoms with Crippen LogP contribution in [0.15, 0.2) is 77.9 Å². The molecule has 0 spiro atoms. The van der Waals surface area contributed by atoms with Crippen LogP contribution >= 0.6 is 0 Å². The van der Waals surface area contributed by atoms with Crippen molar-refractivity contribution in [3.63, 3.8) is 0 Å². The Kier molecular flexibility index (Phi) is 9.68. The summed E-state index contributed by atoms with van der Waals surface area (Å²) in [5, 5.41) is 3.94. The molecule has 0 aliphatic rings. The van der Waals surface area contributed by atoms with Gasteiger partial charge in [-0.05, 0) is 66.6 Å². The number of unbranched alkanes of at least 4 members (excludes halogenated alkanes) is 1. The summed E-state index contributed by atoms with van der Waals surface area (Å²) in [7, 11) is 1.47. The van der Waals surface area contributed by atoms with Crippen LogP contribution in [0.25, 0.3) is 0 Å². The van der Waals surface area contributed by atoms with E-state index in [1.165, 1.54) is 13.3 Å². The first-order valence-electron chi connectivity index (χ1n) is 11.2. The van der Waals surface area contributed by atoms with Crippen LogP contribution in [0.4, 0.5) is 0 Å². The molecule has 0 heterocycles. The highest BCUT2D eigenvalue weighted by Gasteiger charge is 2.12. The summed E-state index contributed by atoms with van der Waals surface area (Å²) in [6, 6.07) is 20.7. The second-order valence-corrected chi connectivity index (χ2v) is 7.42. The van der Waals surface area contributed by atoms with E-state index < -0.39 is 11.9 Å². The van der Waals surface area contributed by atoms with Gasteiger partial charge in [-0.3, -0.25) is 4.79 Å². The Hall–Kier alpha value is -4.33. The molecule has 8 nitrogen and oxygen atoms in total. The first-order chi connectivity index (χ1) is 17.1. The zero-order chi connectivity index (χ0) is 24.9. The molecule has 0 aliphatic heterocycles. The van der Waals surface area contributed by atoms with Crippen LogP contribution in [0.1, 0.15) is 35.7 Å². The first kappa shape index (κ1) is 25.3. The largest absolute Gasteiger partial charge is 0.494 e. The summed E-state index contributed by atoms with van der Waals surface area (Å²) in [6.07, 6.45) is 3.52. The molecule has 1 amide bonds. The van der Waals surface area contributed by atoms with Gasteiger partial charge >= 0.3 is 5.97 Å². The van der Waals surface area contributed by atoms with Crippen LogP contribution in [0.2, 0.25) is 0 Å². The van der Waals surface area contributed by atoms with Gasteiger partial charge in [0.2, 0.25) is 0 Å². The van der Waals surface area contributed by atoms with Gasteiger partial charge in [-0.25, -0.2) is 10.2 Å². The van der Waals surface area contributed by atoms with E-state index in [0.29, 0.717) is 29.2 Å². The van der Waals surface area contributed by atoms with E-state index in [4.69, 9.17) is 18.9 Å². The molecule has 1 N–H and O–H groups in total. The summed E-state index contributed by atoms with van der Waals surface area (Å²) in [4.78, 5) is 24.3. The molecule has 0 radical (unpaired) electrons. The zero-order valence-electron chi connectivity index (χ0n) is 19.7. The highest BCUT2D eigenvalue weighted by atomic mass is 16.6. The summed E-state index contributed by atoms with van der Waals surface area (Å²) in [5.41, 5.74) is 3.48. The SMILES string of the molecule is CCCCOc1ccc(OCC(=O)NN=Cc2ccc(OC(=O)c3ccccc3)c(OC)c2)cc1. The minimum atomic E-state index is -0.490. The van der Waals surface area contributed by atoms with E-state index in [0.717, 1.165) is 18.6 Å². The van der Waals surface area contributed by atoms with Crippen molar-refractivity contribution < 1.29 is 28.5 Å². The Balaban J connectivity index is 1.47. The van der Waals surface area contributed by atoms with Gasteiger partial charge < -0.3 is 18.9 Å². The third kappa shape index (κ3) is 8.19. The lowest BCUT2D eigenvalue weighted by molar-refractivity contribution is -0.123. The number of nitrogens with one attached hydrogen (secondary N) is 1. The molecule has 182 valence electrons. The van der Waals surface area contributed by atoms with E-state index in [9.17, 15) is 9.59 Å². The standard InChI is InChI=1S/C27H28N2O6/c1-3-4-16-33-22-11-13-23(14-12-22)34-19-26(30)29-28-18-20-10-15-24(25(17-20)32-2)35-27(31)21-8-6-5-7-9-21/h5-15,17-18H,3-4,16,19H2,1-2H3,(H,29,30). The third-order valence-electron chi connectivity index (χ3n) is 4.76. The van der Waals surface area contributed by atoms with Gasteiger partial charge in [0.15, 0.2) is 18.1 Å². The molecular formula is C27H28N2O6. The molecule has 0 unspecified atom stereocenters. The van der Waals surface area contributed by atoms with E-state index >= 15 is 0 Å². The highest BCUT2D eigenvalue weighted by molar-refractivity contribution is 5.91. The second kappa shape index (κ2) is 13.4. The first-order valence-corrected chi connectivity index (χ1v) is 11.2. The van der Waals surface area contributed by atoms with E-state index in [-0.39, 0.29) is 12.4 Å². The number of amides is 1. The summed E-state index contributed by atoms with van der Waals surface area (Å²) < 4.78 is 21.8. The average Bonchev–Trinajstić information content (AvgIpc) is 2.89. The quantitative estimate of drug-likeness (QED) is 0.135. The molecule has 3 aromatic carbocycles. The van der Waals surface area contributed by atoms with Crippen molar-refractivity contribution in [1.82, 2.24) is 5.43 Å². The Labute approximate surface area is 204 Å². The molecule has 3 aromatic rings. The van der Waals surface area contributed by atoms with Crippen LogP contribution in [-0.2, 0) is 4.79 Å². The minimum absolute atomic E-state index is 0.189. The maximum absolute atomic E-state index is 12.3. The van der Waals surface area contributed by atoms with Crippen molar-refractivity contribution in [3.8, 4) is 23.0 Å². The summed E-state index contributed by atoms with van der Waals surface area (Å²) in [6.45, 7) is 2.59. The molecule has 0 saturated heterocycles. The van der Waals surface area contributed by atoms with Gasteiger partial charge in [0.1, 0.15) is 11.5 Å². The number of rotatable bonds is 12. The lowest BCUT2D eigenvalue weighted by atomic mass is 10.2. The third-order valence-corrected chi connectivity index (χ3v) is 4.76. The normalized spacial score (nSPS) is 10.6. The molecule has 3 rings (SSSR count). The molecule has 0 bridgehead atoms. The lowest BCUT2D eigenvalue weighted by Gasteiger charge is -2.10. The van der Waals surface area contributed by atoms with Crippen molar-refractivity contribution in [3.05, 3.63) is 83.9 Å². The van der Waals surface area contributed by atoms with Gasteiger partial charge in [-0.1, -0.05) is 31.5 Å². The lowest BCUT2D eigenvalue weighted by Crippen LogP contribution is -2.24. The number of carbonyl (C=O) groups is 2. The van der Waals surface area contributed by atoms with Crippen LogP contribution in [0.3, 0.4) is 0 Å². The maximum Gasteiger partial charge on any atom is 0.343 e. The number of hydrazone groups is 1. The van der Waals surface area contributed by atoms with Gasteiger partial charge in [-0.15, -0.1) is 0 Å². The van der Waals surface area contributed by atoms with Crippen molar-refractivity contribution in [2.24, 2.45) is 5.10 Å². The fourth-order valence-electron chi connectivity index (χ4n) is 2.91. The predicted molar refractivity (Wildman–Crippen MR) is 132 cm³/mol. The number of carbonyl (C=O) groups excluding carboxylic acids is 2. The number of hydrogen-bond acceptors (Lipinski definition) is 7. The fourth-order valence-corrected chi connectivity index (χ4v) is 2.91. The van der Waals surface area contributed by atoms with Crippen LogP contribution in [-0.4, -0.2) is 38.4 Å². The van der Waals surface area contributed by atoms with Gasteiger partial charge in [0.25, 0.3) is 5.91 Å². The number of nitrogens with zero attached hydrogens (tertiary/aromatic N) is 1. The Bertz CT molecular complexity index is 1130. The second-order valence-electron chi connectivity index (χ2n) is 7.42. The van der Waals surface area contributed by atoms with Gasteiger partial charge in [0, 0.05) is 0 Å². The van der Waals surface area contributed by atoms with Crippen molar-refractivity contribution in [2.75, 3.05) is 20.3 Å². The average molecular weight is 477 g/mol. The van der Waals surface area contributed by atoms with Crippen molar-refractivity contribution >= 4 is 18.1 Å². The Morgan fingerprint density at radius 3 is 2.31 bits per heavy atom. The molecule has 0 fully saturated rings. The maximum atomic E-state index is 12.3. The molecule has 0 aromatic heterocycles. The molecule has 8 heteroatoms. The minimum Gasteiger partial charge on any atom is -0.494 e. The Morgan fingerprint density at radius 1 is 0.914 bits per heavy atom.